The van der Waals surface area contributed by atoms with Crippen LogP contribution in [0.1, 0.15) is 59.3 Å². The van der Waals surface area contributed by atoms with Gasteiger partial charge in [0, 0.05) is 12.3 Å². The predicted molar refractivity (Wildman–Crippen MR) is 130 cm³/mol. The Bertz CT molecular complexity index is 1040. The smallest absolute Gasteiger partial charge is 0.336 e. The highest BCUT2D eigenvalue weighted by Gasteiger charge is 2.78. The number of carbonyl (C=O) groups excluding carboxylic acids is 2. The number of fused-ring (bicyclic) bond motifs is 6. The van der Waals surface area contributed by atoms with Crippen molar-refractivity contribution < 1.29 is 39.9 Å². The Labute approximate surface area is 212 Å². The number of epoxide rings is 1. The van der Waals surface area contributed by atoms with E-state index in [1.165, 1.54) is 0 Å². The molecule has 7 rings (SSSR count). The predicted octanol–water partition coefficient (Wildman–Crippen LogP) is 1.72. The van der Waals surface area contributed by atoms with Crippen molar-refractivity contribution in [3.05, 3.63) is 24.3 Å². The number of esters is 1. The lowest BCUT2D eigenvalue weighted by molar-refractivity contribution is -0.210. The molecule has 0 aromatic heterocycles. The van der Waals surface area contributed by atoms with Gasteiger partial charge in [-0.05, 0) is 81.1 Å². The van der Waals surface area contributed by atoms with Gasteiger partial charge in [-0.15, -0.1) is 0 Å². The Morgan fingerprint density at radius 2 is 1.72 bits per heavy atom. The number of ketones is 1. The molecular weight excluding hydrogens is 464 g/mol. The van der Waals surface area contributed by atoms with Crippen LogP contribution in [0.5, 0.6) is 0 Å². The van der Waals surface area contributed by atoms with E-state index in [4.69, 9.17) is 14.2 Å². The molecule has 0 amide bonds. The van der Waals surface area contributed by atoms with E-state index in [-0.39, 0.29) is 63.7 Å². The first kappa shape index (κ1) is 26.0. The molecule has 3 aliphatic heterocycles. The van der Waals surface area contributed by atoms with E-state index in [0.29, 0.717) is 36.9 Å². The summed E-state index contributed by atoms with van der Waals surface area (Å²) < 4.78 is 18.5. The zero-order valence-corrected chi connectivity index (χ0v) is 21.4. The number of aliphatic hydroxyl groups excluding tert-OH is 1. The Kier molecular flexibility index (Phi) is 5.59. The number of aliphatic hydroxyl groups is 1. The van der Waals surface area contributed by atoms with E-state index in [0.717, 1.165) is 25.7 Å². The Balaban J connectivity index is 0.00000133. The van der Waals surface area contributed by atoms with Crippen LogP contribution in [-0.4, -0.2) is 63.9 Å². The lowest BCUT2D eigenvalue weighted by Gasteiger charge is -2.60. The highest BCUT2D eigenvalue weighted by molar-refractivity contribution is 5.97. The minimum Gasteiger partial charge on any atom is -0.458 e. The molecule has 3 saturated heterocycles. The number of hydrogen-bond donors (Lipinski definition) is 1. The van der Waals surface area contributed by atoms with Gasteiger partial charge in [-0.3, -0.25) is 4.79 Å². The van der Waals surface area contributed by atoms with E-state index in [9.17, 15) is 14.7 Å². The topological polar surface area (TPSA) is 148 Å². The van der Waals surface area contributed by atoms with Gasteiger partial charge in [0.25, 0.3) is 0 Å². The Morgan fingerprint density at radius 1 is 1.03 bits per heavy atom. The molecule has 8 nitrogen and oxygen atoms in total. The molecule has 0 unspecified atom stereocenters. The maximum absolute atomic E-state index is 13.3. The van der Waals surface area contributed by atoms with Crippen LogP contribution < -0.4 is 0 Å². The van der Waals surface area contributed by atoms with E-state index >= 15 is 0 Å². The number of ether oxygens (including phenoxy) is 3. The third-order valence-electron chi connectivity index (χ3n) is 12.1. The van der Waals surface area contributed by atoms with Gasteiger partial charge in [0.15, 0.2) is 5.78 Å². The standard InChI is InChI=1S/C28H36O6.2H2O/c1-14-24(31)33-20-12-25(14,2)32-13-16(20)18-8-7-17-15-10-23-28(34-23)9-5-6-21(29)27(28,4)19(15)11-22(30)26(17,18)3;;/h5-6,15-20,22-23,30H,1,7-13H2,2-4H3;2*1H2/t15-,16-,17-,18+,19-,20+,22+,23+,25+,26-,27-,28+;;/m0../s1. The normalized spacial score (nSPS) is 56.2. The van der Waals surface area contributed by atoms with Gasteiger partial charge in [-0.1, -0.05) is 19.6 Å². The maximum atomic E-state index is 13.3. The number of allylic oxidation sites excluding steroid dienone is 1. The van der Waals surface area contributed by atoms with E-state index < -0.39 is 17.1 Å². The first-order valence-electron chi connectivity index (χ1n) is 13.2. The van der Waals surface area contributed by atoms with Crippen molar-refractivity contribution in [2.45, 2.75) is 88.8 Å². The summed E-state index contributed by atoms with van der Waals surface area (Å²) in [6.45, 7) is 10.8. The van der Waals surface area contributed by atoms with Crippen LogP contribution >= 0.6 is 0 Å². The highest BCUT2D eigenvalue weighted by atomic mass is 16.6. The van der Waals surface area contributed by atoms with E-state index in [1.807, 2.05) is 13.0 Å². The van der Waals surface area contributed by atoms with Crippen LogP contribution in [0.25, 0.3) is 0 Å². The first-order chi connectivity index (χ1) is 16.1. The second-order valence-corrected chi connectivity index (χ2v) is 12.9. The molecule has 1 spiro atoms. The molecule has 12 atom stereocenters. The van der Waals surface area contributed by atoms with Crippen LogP contribution in [-0.2, 0) is 23.8 Å². The maximum Gasteiger partial charge on any atom is 0.336 e. The summed E-state index contributed by atoms with van der Waals surface area (Å²) >= 11 is 0. The van der Waals surface area contributed by atoms with Gasteiger partial charge >= 0.3 is 5.97 Å². The van der Waals surface area contributed by atoms with Gasteiger partial charge in [-0.25, -0.2) is 4.79 Å². The number of rotatable bonds is 1. The highest BCUT2D eigenvalue weighted by Crippen LogP contribution is 2.73. The molecule has 2 bridgehead atoms. The molecule has 0 aromatic rings. The van der Waals surface area contributed by atoms with E-state index in [2.05, 4.69) is 20.4 Å². The second kappa shape index (κ2) is 7.73. The van der Waals surface area contributed by atoms with Gasteiger partial charge < -0.3 is 30.3 Å². The molecule has 3 saturated carbocycles. The van der Waals surface area contributed by atoms with Crippen molar-refractivity contribution in [3.63, 3.8) is 0 Å². The number of hydrogen-bond acceptors (Lipinski definition) is 6. The number of carbonyl (C=O) groups is 2. The zero-order valence-electron chi connectivity index (χ0n) is 21.4. The second-order valence-electron chi connectivity index (χ2n) is 12.9. The minimum absolute atomic E-state index is 0. The Hall–Kier alpha value is -1.58. The average Bonchev–Trinajstić information content (AvgIpc) is 3.39. The van der Waals surface area contributed by atoms with Crippen molar-refractivity contribution in [1.29, 1.82) is 0 Å². The van der Waals surface area contributed by atoms with Crippen LogP contribution in [0.15, 0.2) is 24.3 Å². The lowest BCUT2D eigenvalue weighted by Crippen LogP contribution is -2.64. The third-order valence-corrected chi connectivity index (χ3v) is 12.1. The third kappa shape index (κ3) is 2.77. The fourth-order valence-electron chi connectivity index (χ4n) is 9.94. The zero-order chi connectivity index (χ0) is 23.8. The van der Waals surface area contributed by atoms with Crippen LogP contribution in [0, 0.1) is 40.4 Å². The van der Waals surface area contributed by atoms with Crippen LogP contribution in [0.4, 0.5) is 0 Å². The van der Waals surface area contributed by atoms with E-state index in [1.54, 1.807) is 6.08 Å². The molecule has 0 aromatic carbocycles. The summed E-state index contributed by atoms with van der Waals surface area (Å²) in [6, 6.07) is 0. The Morgan fingerprint density at radius 3 is 2.44 bits per heavy atom. The molecule has 7 aliphatic rings. The molecule has 5 N–H and O–H groups in total. The van der Waals surface area contributed by atoms with Crippen LogP contribution in [0.3, 0.4) is 0 Å². The van der Waals surface area contributed by atoms with Crippen molar-refractivity contribution in [2.24, 2.45) is 40.4 Å². The van der Waals surface area contributed by atoms with Gasteiger partial charge in [-0.2, -0.15) is 0 Å². The van der Waals surface area contributed by atoms with Gasteiger partial charge in [0.1, 0.15) is 17.3 Å². The van der Waals surface area contributed by atoms with Crippen molar-refractivity contribution in [2.75, 3.05) is 6.61 Å². The fraction of sp³-hybridized carbons (Fsp3) is 0.786. The molecule has 8 heteroatoms. The molecule has 6 fully saturated rings. The van der Waals surface area contributed by atoms with Crippen molar-refractivity contribution in [3.8, 4) is 0 Å². The SMILES string of the molecule is C=C1C(=O)O[C@@H]2C[C@@]1(C)OC[C@H]2[C@H]1CC[C@H]2[C@@H]3C[C@H]4O[C@]45CC=CC(=O)[C@]5(C)[C@H]3C[C@@H](O)[C@]12C.O.O. The summed E-state index contributed by atoms with van der Waals surface area (Å²) in [5.74, 6) is 0.936. The van der Waals surface area contributed by atoms with Gasteiger partial charge in [0.2, 0.25) is 0 Å². The molecule has 3 heterocycles. The average molecular weight is 505 g/mol. The summed E-state index contributed by atoms with van der Waals surface area (Å²) in [5, 5.41) is 11.8. The largest absolute Gasteiger partial charge is 0.458 e. The fourth-order valence-corrected chi connectivity index (χ4v) is 9.94. The van der Waals surface area contributed by atoms with Crippen molar-refractivity contribution in [1.82, 2.24) is 0 Å². The van der Waals surface area contributed by atoms with Crippen molar-refractivity contribution >= 4 is 11.8 Å². The van der Waals surface area contributed by atoms with Gasteiger partial charge in [0.05, 0.1) is 29.8 Å². The lowest BCUT2D eigenvalue weighted by atomic mass is 9.44. The monoisotopic (exact) mass is 504 g/mol. The summed E-state index contributed by atoms with van der Waals surface area (Å²) in [4.78, 5) is 25.8. The van der Waals surface area contributed by atoms with Crippen LogP contribution in [0.2, 0.25) is 0 Å². The molecule has 36 heavy (non-hydrogen) atoms. The first-order valence-corrected chi connectivity index (χ1v) is 13.2. The molecule has 4 aliphatic carbocycles. The summed E-state index contributed by atoms with van der Waals surface area (Å²) in [7, 11) is 0. The molecule has 200 valence electrons. The summed E-state index contributed by atoms with van der Waals surface area (Å²) in [6.07, 6.45) is 8.26. The molecular formula is C28H40O8. The molecule has 0 radical (unpaired) electrons. The summed E-state index contributed by atoms with van der Waals surface area (Å²) in [5.41, 5.74) is -1.43. The minimum atomic E-state index is -0.648. The quantitative estimate of drug-likeness (QED) is 0.326.